The van der Waals surface area contributed by atoms with Gasteiger partial charge in [0.1, 0.15) is 0 Å². The van der Waals surface area contributed by atoms with Crippen molar-refractivity contribution in [1.29, 1.82) is 5.26 Å². The number of hydrogen-bond acceptors (Lipinski definition) is 2. The average Bonchev–Trinajstić information content (AvgIpc) is 2.07. The summed E-state index contributed by atoms with van der Waals surface area (Å²) < 4.78 is 0. The monoisotopic (exact) mass is 200 g/mol. The fourth-order valence-electron chi connectivity index (χ4n) is 0.836. The molecule has 0 radical (unpaired) electrons. The van der Waals surface area contributed by atoms with Gasteiger partial charge in [-0.25, -0.2) is 0 Å². The van der Waals surface area contributed by atoms with Gasteiger partial charge in [0.25, 0.3) is 0 Å². The van der Waals surface area contributed by atoms with E-state index in [4.69, 9.17) is 34.2 Å². The van der Waals surface area contributed by atoms with Gasteiger partial charge in [-0.05, 0) is 11.6 Å². The van der Waals surface area contributed by atoms with Crippen LogP contribution in [-0.2, 0) is 6.42 Å². The van der Waals surface area contributed by atoms with Crippen LogP contribution >= 0.6 is 23.2 Å². The third-order valence-electron chi connectivity index (χ3n) is 1.48. The topological polar surface area (TPSA) is 49.8 Å². The number of halogens is 2. The van der Waals surface area contributed by atoms with Crippen LogP contribution in [0.3, 0.4) is 0 Å². The van der Waals surface area contributed by atoms with Gasteiger partial charge in [-0.2, -0.15) is 5.26 Å². The Balaban J connectivity index is 3.19. The van der Waals surface area contributed by atoms with Crippen LogP contribution in [0.15, 0.2) is 12.1 Å². The van der Waals surface area contributed by atoms with Gasteiger partial charge in [-0.1, -0.05) is 29.3 Å². The van der Waals surface area contributed by atoms with E-state index in [0.29, 0.717) is 21.3 Å². The van der Waals surface area contributed by atoms with Crippen molar-refractivity contribution < 1.29 is 0 Å². The lowest BCUT2D eigenvalue weighted by atomic mass is 10.1. The van der Waals surface area contributed by atoms with Gasteiger partial charge in [0.15, 0.2) is 0 Å². The number of nitrogens with zero attached hydrogens (tertiary/aromatic N) is 1. The van der Waals surface area contributed by atoms with Crippen molar-refractivity contribution in [1.82, 2.24) is 0 Å². The molecule has 0 saturated heterocycles. The van der Waals surface area contributed by atoms with Crippen molar-refractivity contribution in [2.75, 3.05) is 5.73 Å². The van der Waals surface area contributed by atoms with E-state index in [2.05, 4.69) is 0 Å². The standard InChI is InChI=1S/C8H6Cl2N2/c9-6-2-1-5(3-4-11)7(10)8(6)12/h1-2H,3,12H2. The predicted molar refractivity (Wildman–Crippen MR) is 50.2 cm³/mol. The summed E-state index contributed by atoms with van der Waals surface area (Å²) in [6, 6.07) is 5.32. The molecule has 0 aliphatic rings. The molecule has 0 atom stereocenters. The van der Waals surface area contributed by atoms with E-state index in [9.17, 15) is 0 Å². The Morgan fingerprint density at radius 2 is 2.08 bits per heavy atom. The van der Waals surface area contributed by atoms with Crippen LogP contribution < -0.4 is 5.73 Å². The summed E-state index contributed by atoms with van der Waals surface area (Å²) in [5.41, 5.74) is 6.59. The van der Waals surface area contributed by atoms with Crippen LogP contribution in [0.4, 0.5) is 5.69 Å². The molecule has 0 amide bonds. The minimum atomic E-state index is 0.250. The molecule has 12 heavy (non-hydrogen) atoms. The molecule has 1 aromatic rings. The Kier molecular flexibility index (Phi) is 2.80. The molecule has 1 rings (SSSR count). The highest BCUT2D eigenvalue weighted by Gasteiger charge is 2.06. The summed E-state index contributed by atoms with van der Waals surface area (Å²) in [6.07, 6.45) is 0.250. The van der Waals surface area contributed by atoms with E-state index in [0.717, 1.165) is 0 Å². The van der Waals surface area contributed by atoms with Crippen LogP contribution in [-0.4, -0.2) is 0 Å². The number of nitriles is 1. The lowest BCUT2D eigenvalue weighted by Crippen LogP contribution is -1.92. The molecule has 2 N–H and O–H groups in total. The van der Waals surface area contributed by atoms with Crippen molar-refractivity contribution in [3.05, 3.63) is 27.7 Å². The van der Waals surface area contributed by atoms with Crippen LogP contribution in [0.25, 0.3) is 0 Å². The summed E-state index contributed by atoms with van der Waals surface area (Å²) in [5, 5.41) is 9.22. The number of nitrogens with two attached hydrogens (primary N) is 1. The maximum absolute atomic E-state index is 8.42. The van der Waals surface area contributed by atoms with Crippen molar-refractivity contribution in [3.8, 4) is 6.07 Å². The lowest BCUT2D eigenvalue weighted by molar-refractivity contribution is 1.26. The molecule has 1 aromatic carbocycles. The summed E-state index contributed by atoms with van der Waals surface area (Å²) in [5.74, 6) is 0. The Bertz CT molecular complexity index is 342. The fourth-order valence-corrected chi connectivity index (χ4v) is 1.27. The number of anilines is 1. The van der Waals surface area contributed by atoms with Crippen molar-refractivity contribution in [2.45, 2.75) is 6.42 Å². The van der Waals surface area contributed by atoms with Gasteiger partial charge in [0, 0.05) is 0 Å². The van der Waals surface area contributed by atoms with Gasteiger partial charge in [-0.15, -0.1) is 0 Å². The highest BCUT2D eigenvalue weighted by Crippen LogP contribution is 2.30. The first-order valence-electron chi connectivity index (χ1n) is 3.26. The van der Waals surface area contributed by atoms with Gasteiger partial charge >= 0.3 is 0 Å². The summed E-state index contributed by atoms with van der Waals surface area (Å²) in [4.78, 5) is 0. The zero-order valence-corrected chi connectivity index (χ0v) is 7.65. The van der Waals surface area contributed by atoms with Crippen LogP contribution in [0.2, 0.25) is 10.0 Å². The van der Waals surface area contributed by atoms with E-state index < -0.39 is 0 Å². The normalized spacial score (nSPS) is 9.42. The maximum Gasteiger partial charge on any atom is 0.0696 e. The molecule has 0 bridgehead atoms. The number of hydrogen-bond donors (Lipinski definition) is 1. The first-order valence-corrected chi connectivity index (χ1v) is 4.01. The number of rotatable bonds is 1. The first-order chi connectivity index (χ1) is 5.66. The average molecular weight is 201 g/mol. The molecular formula is C8H6Cl2N2. The fraction of sp³-hybridized carbons (Fsp3) is 0.125. The summed E-state index contributed by atoms with van der Waals surface area (Å²) in [7, 11) is 0. The largest absolute Gasteiger partial charge is 0.396 e. The molecule has 2 nitrogen and oxygen atoms in total. The molecule has 0 spiro atoms. The number of nitrogen functional groups attached to an aromatic ring is 1. The van der Waals surface area contributed by atoms with E-state index in [-0.39, 0.29) is 6.42 Å². The Morgan fingerprint density at radius 1 is 1.42 bits per heavy atom. The lowest BCUT2D eigenvalue weighted by Gasteiger charge is -2.04. The molecule has 0 heterocycles. The van der Waals surface area contributed by atoms with Crippen molar-refractivity contribution in [3.63, 3.8) is 0 Å². The second-order valence-electron chi connectivity index (χ2n) is 2.27. The minimum absolute atomic E-state index is 0.250. The predicted octanol–water partition coefficient (Wildman–Crippen LogP) is 2.64. The van der Waals surface area contributed by atoms with E-state index in [1.807, 2.05) is 6.07 Å². The summed E-state index contributed by atoms with van der Waals surface area (Å²) >= 11 is 11.5. The van der Waals surface area contributed by atoms with Crippen molar-refractivity contribution in [2.24, 2.45) is 0 Å². The Labute approximate surface area is 80.5 Å². The third-order valence-corrected chi connectivity index (χ3v) is 2.25. The van der Waals surface area contributed by atoms with Crippen LogP contribution in [0, 0.1) is 11.3 Å². The van der Waals surface area contributed by atoms with Crippen LogP contribution in [0.1, 0.15) is 5.56 Å². The molecule has 62 valence electrons. The quantitative estimate of drug-likeness (QED) is 0.710. The van der Waals surface area contributed by atoms with Gasteiger partial charge in [-0.3, -0.25) is 0 Å². The number of benzene rings is 1. The second-order valence-corrected chi connectivity index (χ2v) is 3.05. The molecule has 0 saturated carbocycles. The Morgan fingerprint density at radius 3 is 2.67 bits per heavy atom. The molecular weight excluding hydrogens is 195 g/mol. The molecule has 4 heteroatoms. The molecule has 0 aliphatic carbocycles. The van der Waals surface area contributed by atoms with Gasteiger partial charge in [0.2, 0.25) is 0 Å². The molecule has 0 fully saturated rings. The van der Waals surface area contributed by atoms with Crippen molar-refractivity contribution >= 4 is 28.9 Å². The van der Waals surface area contributed by atoms with E-state index in [1.165, 1.54) is 0 Å². The third kappa shape index (κ3) is 1.63. The molecule has 0 aliphatic heterocycles. The SMILES string of the molecule is N#CCc1ccc(Cl)c(N)c1Cl. The minimum Gasteiger partial charge on any atom is -0.396 e. The smallest absolute Gasteiger partial charge is 0.0696 e. The maximum atomic E-state index is 8.42. The zero-order chi connectivity index (χ0) is 9.14. The van der Waals surface area contributed by atoms with E-state index >= 15 is 0 Å². The zero-order valence-electron chi connectivity index (χ0n) is 6.14. The highest BCUT2D eigenvalue weighted by atomic mass is 35.5. The first kappa shape index (κ1) is 9.18. The Hall–Kier alpha value is -0.910. The van der Waals surface area contributed by atoms with Crippen LogP contribution in [0.5, 0.6) is 0 Å². The summed E-state index contributed by atoms with van der Waals surface area (Å²) in [6.45, 7) is 0. The second kappa shape index (κ2) is 3.66. The highest BCUT2D eigenvalue weighted by molar-refractivity contribution is 6.39. The van der Waals surface area contributed by atoms with Gasteiger partial charge < -0.3 is 5.73 Å². The molecule has 0 aromatic heterocycles. The van der Waals surface area contributed by atoms with Gasteiger partial charge in [0.05, 0.1) is 28.2 Å². The molecule has 0 unspecified atom stereocenters. The van der Waals surface area contributed by atoms with E-state index in [1.54, 1.807) is 12.1 Å².